The van der Waals surface area contributed by atoms with E-state index in [-0.39, 0.29) is 0 Å². The molecule has 14 heavy (non-hydrogen) atoms. The monoisotopic (exact) mass is 194 g/mol. The van der Waals surface area contributed by atoms with Crippen molar-refractivity contribution in [1.29, 1.82) is 0 Å². The number of aromatic nitrogens is 2. The van der Waals surface area contributed by atoms with Crippen molar-refractivity contribution in [1.82, 2.24) is 14.9 Å². The zero-order valence-electron chi connectivity index (χ0n) is 8.90. The van der Waals surface area contributed by atoms with E-state index in [4.69, 9.17) is 5.73 Å². The Labute approximate surface area is 85.2 Å². The third-order valence-corrected chi connectivity index (χ3v) is 2.11. The summed E-state index contributed by atoms with van der Waals surface area (Å²) in [6, 6.07) is 0. The van der Waals surface area contributed by atoms with Crippen LogP contribution in [-0.2, 0) is 6.54 Å². The first-order valence-electron chi connectivity index (χ1n) is 4.96. The first-order chi connectivity index (χ1) is 6.76. The summed E-state index contributed by atoms with van der Waals surface area (Å²) in [5.41, 5.74) is 7.46. The number of nitrogens with two attached hydrogens (primary N) is 1. The highest BCUT2D eigenvalue weighted by atomic mass is 15.1. The lowest BCUT2D eigenvalue weighted by Gasteiger charge is -2.18. The zero-order valence-corrected chi connectivity index (χ0v) is 8.90. The molecule has 2 N–H and O–H groups in total. The van der Waals surface area contributed by atoms with Gasteiger partial charge in [-0.25, -0.2) is 0 Å². The van der Waals surface area contributed by atoms with E-state index >= 15 is 0 Å². The number of likely N-dealkylation sites (N-methyl/N-ethyl adjacent to an activating group) is 1. The van der Waals surface area contributed by atoms with Crippen molar-refractivity contribution in [2.45, 2.75) is 20.4 Å². The van der Waals surface area contributed by atoms with Gasteiger partial charge >= 0.3 is 0 Å². The molecule has 0 unspecified atom stereocenters. The topological polar surface area (TPSA) is 55.0 Å². The second-order valence-electron chi connectivity index (χ2n) is 3.31. The molecule has 0 saturated heterocycles. The highest BCUT2D eigenvalue weighted by Gasteiger charge is 2.03. The summed E-state index contributed by atoms with van der Waals surface area (Å²) in [4.78, 5) is 10.8. The first kappa shape index (κ1) is 11.1. The Kier molecular flexibility index (Phi) is 4.49. The number of hydrogen-bond donors (Lipinski definition) is 1. The fourth-order valence-electron chi connectivity index (χ4n) is 1.26. The smallest absolute Gasteiger partial charge is 0.0727 e. The Morgan fingerprint density at radius 3 is 2.64 bits per heavy atom. The third kappa shape index (κ3) is 3.40. The lowest BCUT2D eigenvalue weighted by molar-refractivity contribution is 0.284. The highest BCUT2D eigenvalue weighted by molar-refractivity contribution is 5.00. The molecule has 0 spiro atoms. The summed E-state index contributed by atoms with van der Waals surface area (Å²) in [5.74, 6) is 0. The zero-order chi connectivity index (χ0) is 10.4. The molecule has 4 nitrogen and oxygen atoms in total. The Morgan fingerprint density at radius 1 is 1.36 bits per heavy atom. The van der Waals surface area contributed by atoms with Crippen LogP contribution in [0.5, 0.6) is 0 Å². The lowest BCUT2D eigenvalue weighted by atomic mass is 10.3. The van der Waals surface area contributed by atoms with Crippen LogP contribution in [0.3, 0.4) is 0 Å². The Bertz CT molecular complexity index is 257. The van der Waals surface area contributed by atoms with Crippen LogP contribution in [-0.4, -0.2) is 34.5 Å². The predicted molar refractivity (Wildman–Crippen MR) is 56.8 cm³/mol. The number of aryl methyl sites for hydroxylation is 1. The molecule has 1 aromatic rings. The van der Waals surface area contributed by atoms with Crippen molar-refractivity contribution < 1.29 is 0 Å². The molecule has 0 fully saturated rings. The second kappa shape index (κ2) is 5.67. The van der Waals surface area contributed by atoms with E-state index < -0.39 is 0 Å². The molecule has 0 saturated carbocycles. The van der Waals surface area contributed by atoms with E-state index in [2.05, 4.69) is 21.8 Å². The van der Waals surface area contributed by atoms with E-state index in [0.717, 1.165) is 31.0 Å². The van der Waals surface area contributed by atoms with Crippen LogP contribution < -0.4 is 5.73 Å². The Morgan fingerprint density at radius 2 is 2.14 bits per heavy atom. The summed E-state index contributed by atoms with van der Waals surface area (Å²) in [6.45, 7) is 7.48. The van der Waals surface area contributed by atoms with Crippen molar-refractivity contribution in [3.8, 4) is 0 Å². The lowest BCUT2D eigenvalue weighted by Crippen LogP contribution is -2.29. The standard InChI is InChI=1S/C10H18N4/c1-3-14(5-4-11)8-10-7-12-9(2)6-13-10/h6-7H,3-5,8,11H2,1-2H3. The van der Waals surface area contributed by atoms with E-state index in [1.807, 2.05) is 13.1 Å². The van der Waals surface area contributed by atoms with Crippen LogP contribution in [0.1, 0.15) is 18.3 Å². The predicted octanol–water partition coefficient (Wildman–Crippen LogP) is 0.566. The van der Waals surface area contributed by atoms with Gasteiger partial charge in [0.05, 0.1) is 11.4 Å². The molecule has 78 valence electrons. The molecule has 1 heterocycles. The molecular weight excluding hydrogens is 176 g/mol. The molecule has 0 amide bonds. The van der Waals surface area contributed by atoms with Gasteiger partial charge in [0.25, 0.3) is 0 Å². The van der Waals surface area contributed by atoms with E-state index in [9.17, 15) is 0 Å². The molecule has 1 aromatic heterocycles. The van der Waals surface area contributed by atoms with E-state index in [1.54, 1.807) is 6.20 Å². The SMILES string of the molecule is CCN(CCN)Cc1cnc(C)cn1. The minimum atomic E-state index is 0.688. The molecule has 0 aromatic carbocycles. The Hall–Kier alpha value is -1.00. The minimum Gasteiger partial charge on any atom is -0.329 e. The van der Waals surface area contributed by atoms with Crippen molar-refractivity contribution in [3.05, 3.63) is 23.8 Å². The number of hydrogen-bond acceptors (Lipinski definition) is 4. The normalized spacial score (nSPS) is 10.9. The summed E-state index contributed by atoms with van der Waals surface area (Å²) >= 11 is 0. The van der Waals surface area contributed by atoms with Gasteiger partial charge in [-0.2, -0.15) is 0 Å². The van der Waals surface area contributed by atoms with Crippen LogP contribution in [0, 0.1) is 6.92 Å². The molecular formula is C10H18N4. The summed E-state index contributed by atoms with van der Waals surface area (Å²) in [5, 5.41) is 0. The van der Waals surface area contributed by atoms with Gasteiger partial charge in [0.15, 0.2) is 0 Å². The van der Waals surface area contributed by atoms with Gasteiger partial charge in [0.2, 0.25) is 0 Å². The van der Waals surface area contributed by atoms with Crippen molar-refractivity contribution >= 4 is 0 Å². The minimum absolute atomic E-state index is 0.688. The van der Waals surface area contributed by atoms with Gasteiger partial charge in [-0.05, 0) is 13.5 Å². The fraction of sp³-hybridized carbons (Fsp3) is 0.600. The maximum atomic E-state index is 5.51. The molecule has 0 aliphatic heterocycles. The molecule has 0 atom stereocenters. The molecule has 0 bridgehead atoms. The van der Waals surface area contributed by atoms with E-state index in [0.29, 0.717) is 6.54 Å². The highest BCUT2D eigenvalue weighted by Crippen LogP contribution is 1.99. The average Bonchev–Trinajstić information content (AvgIpc) is 2.20. The first-order valence-corrected chi connectivity index (χ1v) is 4.96. The fourth-order valence-corrected chi connectivity index (χ4v) is 1.26. The van der Waals surface area contributed by atoms with Gasteiger partial charge in [-0.1, -0.05) is 6.92 Å². The molecule has 0 aliphatic rings. The largest absolute Gasteiger partial charge is 0.329 e. The second-order valence-corrected chi connectivity index (χ2v) is 3.31. The molecule has 4 heteroatoms. The van der Waals surface area contributed by atoms with E-state index in [1.165, 1.54) is 0 Å². The molecule has 1 rings (SSSR count). The number of nitrogens with zero attached hydrogens (tertiary/aromatic N) is 3. The van der Waals surface area contributed by atoms with Crippen LogP contribution in [0.4, 0.5) is 0 Å². The van der Waals surface area contributed by atoms with Crippen molar-refractivity contribution in [2.24, 2.45) is 5.73 Å². The van der Waals surface area contributed by atoms with Crippen molar-refractivity contribution in [3.63, 3.8) is 0 Å². The quantitative estimate of drug-likeness (QED) is 0.744. The van der Waals surface area contributed by atoms with Crippen LogP contribution in [0.2, 0.25) is 0 Å². The van der Waals surface area contributed by atoms with Crippen LogP contribution in [0.15, 0.2) is 12.4 Å². The summed E-state index contributed by atoms with van der Waals surface area (Å²) < 4.78 is 0. The summed E-state index contributed by atoms with van der Waals surface area (Å²) in [7, 11) is 0. The maximum Gasteiger partial charge on any atom is 0.0727 e. The summed E-state index contributed by atoms with van der Waals surface area (Å²) in [6.07, 6.45) is 3.63. The third-order valence-electron chi connectivity index (χ3n) is 2.11. The Balaban J connectivity index is 2.53. The van der Waals surface area contributed by atoms with Crippen molar-refractivity contribution in [2.75, 3.05) is 19.6 Å². The van der Waals surface area contributed by atoms with Crippen LogP contribution in [0.25, 0.3) is 0 Å². The molecule has 0 aliphatic carbocycles. The van der Waals surface area contributed by atoms with Gasteiger partial charge in [-0.15, -0.1) is 0 Å². The molecule has 0 radical (unpaired) electrons. The maximum absolute atomic E-state index is 5.51. The van der Waals surface area contributed by atoms with Gasteiger partial charge in [0.1, 0.15) is 0 Å². The van der Waals surface area contributed by atoms with Gasteiger partial charge < -0.3 is 5.73 Å². The average molecular weight is 194 g/mol. The number of rotatable bonds is 5. The van der Waals surface area contributed by atoms with Crippen LogP contribution >= 0.6 is 0 Å². The van der Waals surface area contributed by atoms with Gasteiger partial charge in [-0.3, -0.25) is 14.9 Å². The van der Waals surface area contributed by atoms with Gasteiger partial charge in [0, 0.05) is 32.0 Å².